The summed E-state index contributed by atoms with van der Waals surface area (Å²) in [4.78, 5) is 8.90. The normalized spacial score (nSPS) is 12.0. The maximum atomic E-state index is 5.92. The first-order chi connectivity index (χ1) is 11.8. The van der Waals surface area contributed by atoms with E-state index >= 15 is 0 Å². The topological polar surface area (TPSA) is 37.9 Å². The second kappa shape index (κ2) is 5.78. The number of rotatable bonds is 2. The van der Waals surface area contributed by atoms with Crippen LogP contribution >= 0.6 is 0 Å². The number of hydrogen-bond donors (Lipinski definition) is 0. The minimum Gasteiger partial charge on any atom is -0.459 e. The van der Waals surface area contributed by atoms with Crippen LogP contribution in [-0.4, -0.2) is 12.6 Å². The van der Waals surface area contributed by atoms with E-state index in [1.807, 2.05) is 55.5 Å². The van der Waals surface area contributed by atoms with Crippen LogP contribution in [0, 0.1) is 6.92 Å². The average Bonchev–Trinajstić information content (AvgIpc) is 2.96. The molecule has 0 N–H and O–H groups in total. The van der Waals surface area contributed by atoms with Crippen LogP contribution in [0.2, 0.25) is 0 Å². The highest BCUT2D eigenvalue weighted by Crippen LogP contribution is 2.38. The number of amidine groups is 1. The van der Waals surface area contributed by atoms with E-state index in [9.17, 15) is 0 Å². The zero-order valence-corrected chi connectivity index (χ0v) is 13.4. The minimum absolute atomic E-state index is 0.592. The number of hydrogen-bond acceptors (Lipinski definition) is 2. The standard InChI is InChI=1S/C21H16N2O/c1-14-20(23-21(22-2)16-9-4-3-5-10-16)19-17-11-7-6-8-15(17)12-13-18(19)24-14/h3-13H,2H2,1H3/b23-21-. The summed E-state index contributed by atoms with van der Waals surface area (Å²) in [5.41, 5.74) is 2.58. The number of furan rings is 1. The molecule has 3 aromatic carbocycles. The van der Waals surface area contributed by atoms with Gasteiger partial charge >= 0.3 is 0 Å². The molecule has 0 spiro atoms. The molecule has 3 nitrogen and oxygen atoms in total. The monoisotopic (exact) mass is 312 g/mol. The summed E-state index contributed by atoms with van der Waals surface area (Å²) in [6.07, 6.45) is 0. The van der Waals surface area contributed by atoms with Gasteiger partial charge in [0.25, 0.3) is 0 Å². The molecule has 0 amide bonds. The van der Waals surface area contributed by atoms with Crippen LogP contribution in [-0.2, 0) is 0 Å². The van der Waals surface area contributed by atoms with Crippen LogP contribution in [0.4, 0.5) is 5.69 Å². The van der Waals surface area contributed by atoms with E-state index in [1.54, 1.807) is 0 Å². The Morgan fingerprint density at radius 2 is 1.67 bits per heavy atom. The van der Waals surface area contributed by atoms with Crippen LogP contribution in [0.25, 0.3) is 21.7 Å². The summed E-state index contributed by atoms with van der Waals surface area (Å²) < 4.78 is 5.92. The molecule has 0 bridgehead atoms. The van der Waals surface area contributed by atoms with E-state index in [2.05, 4.69) is 29.9 Å². The lowest BCUT2D eigenvalue weighted by atomic mass is 10.1. The van der Waals surface area contributed by atoms with Crippen molar-refractivity contribution < 1.29 is 4.42 Å². The van der Waals surface area contributed by atoms with Crippen LogP contribution in [0.15, 0.2) is 81.1 Å². The minimum atomic E-state index is 0.592. The van der Waals surface area contributed by atoms with Crippen LogP contribution < -0.4 is 0 Å². The van der Waals surface area contributed by atoms with Crippen molar-refractivity contribution in [2.24, 2.45) is 9.98 Å². The van der Waals surface area contributed by atoms with Gasteiger partial charge in [-0.3, -0.25) is 0 Å². The molecular weight excluding hydrogens is 296 g/mol. The molecule has 0 aliphatic carbocycles. The molecule has 0 aliphatic rings. The Labute approximate surface area is 140 Å². The van der Waals surface area contributed by atoms with Gasteiger partial charge in [0, 0.05) is 5.56 Å². The fourth-order valence-corrected chi connectivity index (χ4v) is 2.99. The van der Waals surface area contributed by atoms with Gasteiger partial charge in [0.15, 0.2) is 5.84 Å². The molecule has 0 saturated carbocycles. The molecule has 3 heteroatoms. The Kier molecular flexibility index (Phi) is 3.47. The summed E-state index contributed by atoms with van der Waals surface area (Å²) in [7, 11) is 0. The highest BCUT2D eigenvalue weighted by atomic mass is 16.3. The van der Waals surface area contributed by atoms with Gasteiger partial charge in [-0.15, -0.1) is 0 Å². The summed E-state index contributed by atoms with van der Waals surface area (Å²) in [5.74, 6) is 1.37. The molecule has 0 atom stereocenters. The van der Waals surface area contributed by atoms with Crippen LogP contribution in [0.1, 0.15) is 11.3 Å². The summed E-state index contributed by atoms with van der Waals surface area (Å²) >= 11 is 0. The third-order valence-electron chi connectivity index (χ3n) is 4.12. The number of aryl methyl sites for hydroxylation is 1. The molecule has 116 valence electrons. The van der Waals surface area contributed by atoms with E-state index < -0.39 is 0 Å². The second-order valence-corrected chi connectivity index (χ2v) is 5.63. The van der Waals surface area contributed by atoms with Gasteiger partial charge in [-0.1, -0.05) is 60.7 Å². The molecule has 0 fully saturated rings. The molecule has 24 heavy (non-hydrogen) atoms. The van der Waals surface area contributed by atoms with Crippen molar-refractivity contribution in [2.45, 2.75) is 6.92 Å². The maximum absolute atomic E-state index is 5.92. The maximum Gasteiger partial charge on any atom is 0.159 e. The smallest absolute Gasteiger partial charge is 0.159 e. The van der Waals surface area contributed by atoms with Crippen LogP contribution in [0.5, 0.6) is 0 Å². The second-order valence-electron chi connectivity index (χ2n) is 5.63. The first-order valence-electron chi connectivity index (χ1n) is 7.79. The molecule has 1 aromatic heterocycles. The summed E-state index contributed by atoms with van der Waals surface area (Å²) in [5, 5.41) is 3.31. The van der Waals surface area contributed by atoms with Gasteiger partial charge in [0.05, 0.1) is 5.39 Å². The molecular formula is C21H16N2O. The highest BCUT2D eigenvalue weighted by molar-refractivity contribution is 6.14. The van der Waals surface area contributed by atoms with Crippen molar-refractivity contribution in [3.05, 3.63) is 78.1 Å². The number of aliphatic imine (C=N–C) groups is 2. The van der Waals surface area contributed by atoms with Crippen molar-refractivity contribution >= 4 is 40.0 Å². The van der Waals surface area contributed by atoms with E-state index in [0.29, 0.717) is 5.84 Å². The molecule has 0 radical (unpaired) electrons. The van der Waals surface area contributed by atoms with Crippen LogP contribution in [0.3, 0.4) is 0 Å². The Morgan fingerprint density at radius 1 is 0.917 bits per heavy atom. The van der Waals surface area contributed by atoms with E-state index in [4.69, 9.17) is 9.41 Å². The Morgan fingerprint density at radius 3 is 2.46 bits per heavy atom. The Bertz CT molecular complexity index is 1080. The third kappa shape index (κ3) is 2.31. The molecule has 4 aromatic rings. The van der Waals surface area contributed by atoms with Crippen molar-refractivity contribution in [1.29, 1.82) is 0 Å². The number of benzene rings is 3. The predicted octanol–water partition coefficient (Wildman–Crippen LogP) is 5.67. The molecule has 0 unspecified atom stereocenters. The first kappa shape index (κ1) is 14.4. The molecule has 4 rings (SSSR count). The van der Waals surface area contributed by atoms with Crippen molar-refractivity contribution in [3.8, 4) is 0 Å². The lowest BCUT2D eigenvalue weighted by Gasteiger charge is -2.02. The van der Waals surface area contributed by atoms with E-state index in [0.717, 1.165) is 38.8 Å². The van der Waals surface area contributed by atoms with Gasteiger partial charge in [0.1, 0.15) is 17.0 Å². The summed E-state index contributed by atoms with van der Waals surface area (Å²) in [6, 6.07) is 22.2. The van der Waals surface area contributed by atoms with Crippen molar-refractivity contribution in [2.75, 3.05) is 0 Å². The SMILES string of the molecule is C=N/C(=N\c1c(C)oc2ccc3ccccc3c12)c1ccccc1. The highest BCUT2D eigenvalue weighted by Gasteiger charge is 2.14. The fraction of sp³-hybridized carbons (Fsp3) is 0.0476. The lowest BCUT2D eigenvalue weighted by Crippen LogP contribution is -1.95. The molecule has 0 aliphatic heterocycles. The van der Waals surface area contributed by atoms with Crippen molar-refractivity contribution in [3.63, 3.8) is 0 Å². The number of nitrogens with zero attached hydrogens (tertiary/aromatic N) is 2. The Hall–Kier alpha value is -3.20. The summed E-state index contributed by atoms with van der Waals surface area (Å²) in [6.45, 7) is 5.61. The quantitative estimate of drug-likeness (QED) is 0.347. The molecule has 1 heterocycles. The number of fused-ring (bicyclic) bond motifs is 3. The predicted molar refractivity (Wildman–Crippen MR) is 101 cm³/mol. The van der Waals surface area contributed by atoms with E-state index in [1.165, 1.54) is 0 Å². The molecule has 0 saturated heterocycles. The third-order valence-corrected chi connectivity index (χ3v) is 4.12. The fourth-order valence-electron chi connectivity index (χ4n) is 2.99. The van der Waals surface area contributed by atoms with Gasteiger partial charge in [-0.25, -0.2) is 9.98 Å². The van der Waals surface area contributed by atoms with E-state index in [-0.39, 0.29) is 0 Å². The lowest BCUT2D eigenvalue weighted by molar-refractivity contribution is 0.579. The van der Waals surface area contributed by atoms with Gasteiger partial charge < -0.3 is 4.42 Å². The first-order valence-corrected chi connectivity index (χ1v) is 7.79. The van der Waals surface area contributed by atoms with Gasteiger partial charge in [0.2, 0.25) is 0 Å². The van der Waals surface area contributed by atoms with Crippen molar-refractivity contribution in [1.82, 2.24) is 0 Å². The Balaban J connectivity index is 2.02. The largest absolute Gasteiger partial charge is 0.459 e. The zero-order chi connectivity index (χ0) is 16.5. The zero-order valence-electron chi connectivity index (χ0n) is 13.4. The average molecular weight is 312 g/mol. The van der Waals surface area contributed by atoms with Gasteiger partial charge in [-0.2, -0.15) is 0 Å². The van der Waals surface area contributed by atoms with Gasteiger partial charge in [-0.05, 0) is 30.5 Å².